The molecule has 0 aromatic heterocycles. The Morgan fingerprint density at radius 3 is 2.71 bits per heavy atom. The highest BCUT2D eigenvalue weighted by Gasteiger charge is 2.11. The molecule has 0 amide bonds. The van der Waals surface area contributed by atoms with E-state index >= 15 is 0 Å². The Balaban J connectivity index is 1.92. The number of benzene rings is 1. The third-order valence-electron chi connectivity index (χ3n) is 2.51. The minimum atomic E-state index is 0.588. The quantitative estimate of drug-likeness (QED) is 0.848. The van der Waals surface area contributed by atoms with Gasteiger partial charge in [0.1, 0.15) is 0 Å². The third kappa shape index (κ3) is 2.72. The van der Waals surface area contributed by atoms with Gasteiger partial charge >= 0.3 is 0 Å². The Hall–Kier alpha value is -0.540. The molecule has 0 radical (unpaired) electrons. The highest BCUT2D eigenvalue weighted by Crippen LogP contribution is 2.16. The molecule has 1 heterocycles. The molecule has 1 atom stereocenters. The molecule has 0 aliphatic carbocycles. The average Bonchev–Trinajstić information content (AvgIpc) is 2.23. The molecule has 2 N–H and O–H groups in total. The summed E-state index contributed by atoms with van der Waals surface area (Å²) in [5, 5.41) is 6.92. The van der Waals surface area contributed by atoms with E-state index in [0.29, 0.717) is 6.04 Å². The Kier molecular flexibility index (Phi) is 3.43. The molecule has 2 rings (SSSR count). The van der Waals surface area contributed by atoms with Crippen molar-refractivity contribution >= 4 is 21.6 Å². The third-order valence-corrected chi connectivity index (χ3v) is 3.04. The number of nitrogens with one attached hydrogen (secondary N) is 2. The summed E-state index contributed by atoms with van der Waals surface area (Å²) in [6.07, 6.45) is 2.54. The molecule has 3 heteroatoms. The zero-order valence-corrected chi connectivity index (χ0v) is 9.68. The van der Waals surface area contributed by atoms with Crippen molar-refractivity contribution in [1.82, 2.24) is 5.32 Å². The first-order chi connectivity index (χ1) is 6.84. The van der Waals surface area contributed by atoms with Gasteiger partial charge in [-0.05, 0) is 43.7 Å². The average molecular weight is 255 g/mol. The first kappa shape index (κ1) is 9.99. The summed E-state index contributed by atoms with van der Waals surface area (Å²) in [6.45, 7) is 2.24. The minimum absolute atomic E-state index is 0.588. The number of halogens is 1. The molecule has 1 aliphatic rings. The summed E-state index contributed by atoms with van der Waals surface area (Å²) >= 11 is 3.43. The van der Waals surface area contributed by atoms with Crippen molar-refractivity contribution < 1.29 is 0 Å². The van der Waals surface area contributed by atoms with E-state index in [1.54, 1.807) is 0 Å². The smallest absolute Gasteiger partial charge is 0.0386 e. The largest absolute Gasteiger partial charge is 0.381 e. The van der Waals surface area contributed by atoms with Crippen LogP contribution in [0.15, 0.2) is 28.7 Å². The summed E-state index contributed by atoms with van der Waals surface area (Å²) in [5.41, 5.74) is 1.21. The lowest BCUT2D eigenvalue weighted by atomic mass is 10.1. The van der Waals surface area contributed by atoms with Crippen molar-refractivity contribution in [1.29, 1.82) is 0 Å². The zero-order chi connectivity index (χ0) is 9.80. The van der Waals surface area contributed by atoms with Crippen LogP contribution in [0.2, 0.25) is 0 Å². The molecule has 76 valence electrons. The SMILES string of the molecule is Brc1ccc(N[C@H]2CCCNC2)cc1. The molecule has 1 aromatic carbocycles. The fourth-order valence-corrected chi connectivity index (χ4v) is 2.02. The standard InChI is InChI=1S/C11H15BrN2/c12-9-3-5-10(6-4-9)14-11-2-1-7-13-8-11/h3-6,11,13-14H,1-2,7-8H2/t11-/m0/s1. The maximum atomic E-state index is 3.52. The van der Waals surface area contributed by atoms with E-state index in [-0.39, 0.29) is 0 Å². The highest BCUT2D eigenvalue weighted by atomic mass is 79.9. The van der Waals surface area contributed by atoms with Gasteiger partial charge in [0.25, 0.3) is 0 Å². The van der Waals surface area contributed by atoms with Gasteiger partial charge < -0.3 is 10.6 Å². The van der Waals surface area contributed by atoms with Crippen LogP contribution in [0.1, 0.15) is 12.8 Å². The molecule has 0 bridgehead atoms. The molecule has 0 unspecified atom stereocenters. The summed E-state index contributed by atoms with van der Waals surface area (Å²) in [4.78, 5) is 0. The second-order valence-corrected chi connectivity index (χ2v) is 4.61. The second-order valence-electron chi connectivity index (χ2n) is 3.69. The zero-order valence-electron chi connectivity index (χ0n) is 8.09. The van der Waals surface area contributed by atoms with E-state index in [1.165, 1.54) is 25.1 Å². The van der Waals surface area contributed by atoms with E-state index in [9.17, 15) is 0 Å². The van der Waals surface area contributed by atoms with Crippen LogP contribution < -0.4 is 10.6 Å². The Bertz CT molecular complexity index is 278. The second kappa shape index (κ2) is 4.80. The van der Waals surface area contributed by atoms with Gasteiger partial charge in [0, 0.05) is 22.7 Å². The van der Waals surface area contributed by atoms with Crippen molar-refractivity contribution in [3.63, 3.8) is 0 Å². The predicted octanol–water partition coefficient (Wildman–Crippen LogP) is 2.61. The lowest BCUT2D eigenvalue weighted by Crippen LogP contribution is -2.38. The molecule has 1 fully saturated rings. The first-order valence-corrected chi connectivity index (χ1v) is 5.87. The van der Waals surface area contributed by atoms with E-state index in [4.69, 9.17) is 0 Å². The molecule has 1 aliphatic heterocycles. The summed E-state index contributed by atoms with van der Waals surface area (Å²) in [5.74, 6) is 0. The minimum Gasteiger partial charge on any atom is -0.381 e. The molecule has 0 saturated carbocycles. The lowest BCUT2D eigenvalue weighted by molar-refractivity contribution is 0.480. The van der Waals surface area contributed by atoms with E-state index in [1.807, 2.05) is 0 Å². The Morgan fingerprint density at radius 2 is 2.07 bits per heavy atom. The summed E-state index contributed by atoms with van der Waals surface area (Å²) < 4.78 is 1.13. The van der Waals surface area contributed by atoms with E-state index in [0.717, 1.165) is 11.0 Å². The molecule has 0 spiro atoms. The molecule has 1 aromatic rings. The van der Waals surface area contributed by atoms with Crippen molar-refractivity contribution in [3.8, 4) is 0 Å². The fraction of sp³-hybridized carbons (Fsp3) is 0.455. The number of rotatable bonds is 2. The molecule has 1 saturated heterocycles. The fourth-order valence-electron chi connectivity index (χ4n) is 1.76. The maximum absolute atomic E-state index is 3.52. The van der Waals surface area contributed by atoms with Gasteiger partial charge in [0.05, 0.1) is 0 Å². The van der Waals surface area contributed by atoms with Crippen LogP contribution in [0.5, 0.6) is 0 Å². The van der Waals surface area contributed by atoms with Crippen LogP contribution in [0.3, 0.4) is 0 Å². The van der Waals surface area contributed by atoms with E-state index < -0.39 is 0 Å². The van der Waals surface area contributed by atoms with Gasteiger partial charge in [-0.15, -0.1) is 0 Å². The van der Waals surface area contributed by atoms with Crippen LogP contribution in [0.4, 0.5) is 5.69 Å². The summed E-state index contributed by atoms with van der Waals surface area (Å²) in [6, 6.07) is 8.94. The van der Waals surface area contributed by atoms with Crippen LogP contribution in [0.25, 0.3) is 0 Å². The van der Waals surface area contributed by atoms with Crippen molar-refractivity contribution in [2.45, 2.75) is 18.9 Å². The topological polar surface area (TPSA) is 24.1 Å². The maximum Gasteiger partial charge on any atom is 0.0386 e. The van der Waals surface area contributed by atoms with Gasteiger partial charge in [-0.3, -0.25) is 0 Å². The van der Waals surface area contributed by atoms with Crippen LogP contribution in [-0.4, -0.2) is 19.1 Å². The molecule has 14 heavy (non-hydrogen) atoms. The molecular weight excluding hydrogens is 240 g/mol. The van der Waals surface area contributed by atoms with Gasteiger partial charge in [-0.1, -0.05) is 15.9 Å². The van der Waals surface area contributed by atoms with Gasteiger partial charge in [-0.2, -0.15) is 0 Å². The number of anilines is 1. The normalized spacial score (nSPS) is 21.9. The summed E-state index contributed by atoms with van der Waals surface area (Å²) in [7, 11) is 0. The van der Waals surface area contributed by atoms with Gasteiger partial charge in [0.2, 0.25) is 0 Å². The van der Waals surface area contributed by atoms with Crippen LogP contribution in [0, 0.1) is 0 Å². The Morgan fingerprint density at radius 1 is 1.29 bits per heavy atom. The molecule has 2 nitrogen and oxygen atoms in total. The van der Waals surface area contributed by atoms with E-state index in [2.05, 4.69) is 50.8 Å². The van der Waals surface area contributed by atoms with Crippen LogP contribution >= 0.6 is 15.9 Å². The van der Waals surface area contributed by atoms with Gasteiger partial charge in [0.15, 0.2) is 0 Å². The number of hydrogen-bond donors (Lipinski definition) is 2. The number of piperidine rings is 1. The molecular formula is C11H15BrN2. The van der Waals surface area contributed by atoms with Crippen molar-refractivity contribution in [3.05, 3.63) is 28.7 Å². The number of hydrogen-bond acceptors (Lipinski definition) is 2. The highest BCUT2D eigenvalue weighted by molar-refractivity contribution is 9.10. The first-order valence-electron chi connectivity index (χ1n) is 5.07. The van der Waals surface area contributed by atoms with Crippen molar-refractivity contribution in [2.24, 2.45) is 0 Å². The Labute approximate surface area is 93.2 Å². The van der Waals surface area contributed by atoms with Crippen molar-refractivity contribution in [2.75, 3.05) is 18.4 Å². The van der Waals surface area contributed by atoms with Gasteiger partial charge in [-0.25, -0.2) is 0 Å². The lowest BCUT2D eigenvalue weighted by Gasteiger charge is -2.24. The predicted molar refractivity (Wildman–Crippen MR) is 63.7 cm³/mol. The monoisotopic (exact) mass is 254 g/mol. The van der Waals surface area contributed by atoms with Crippen LogP contribution in [-0.2, 0) is 0 Å².